The smallest absolute Gasteiger partial charge is 0.333 e. The molecule has 0 saturated heterocycles. The van der Waals surface area contributed by atoms with Gasteiger partial charge in [-0.15, -0.1) is 0 Å². The number of hydrogen-bond donors (Lipinski definition) is 0. The molecule has 0 aliphatic carbocycles. The minimum atomic E-state index is -0.492. The van der Waals surface area contributed by atoms with Crippen LogP contribution in [0.1, 0.15) is 90.5 Å². The summed E-state index contributed by atoms with van der Waals surface area (Å²) in [5.74, 6) is -0.0981. The number of unbranched alkanes of at least 4 members (excludes halogenated alkanes) is 9. The molecule has 0 saturated carbocycles. The van der Waals surface area contributed by atoms with Crippen molar-refractivity contribution in [1.29, 1.82) is 0 Å². The Hall–Kier alpha value is -2.56. The SMILES string of the molecule is C=C(C)C(=O)OCCOC(=O)/C(C)=C/c1ccc(OCCCCCCCCCCCC)cc1. The van der Waals surface area contributed by atoms with Crippen LogP contribution >= 0.6 is 0 Å². The summed E-state index contributed by atoms with van der Waals surface area (Å²) >= 11 is 0. The number of ether oxygens (including phenoxy) is 3. The Kier molecular flexibility index (Phi) is 15.5. The lowest BCUT2D eigenvalue weighted by atomic mass is 10.1. The molecule has 0 heterocycles. The van der Waals surface area contributed by atoms with Crippen molar-refractivity contribution in [1.82, 2.24) is 0 Å². The van der Waals surface area contributed by atoms with Crippen LogP contribution in [0.2, 0.25) is 0 Å². The quantitative estimate of drug-likeness (QED) is 0.134. The van der Waals surface area contributed by atoms with E-state index in [1.54, 1.807) is 19.9 Å². The molecule has 0 fully saturated rings. The van der Waals surface area contributed by atoms with E-state index in [0.717, 1.165) is 24.3 Å². The van der Waals surface area contributed by atoms with E-state index in [4.69, 9.17) is 14.2 Å². The second kappa shape index (κ2) is 17.9. The molecular formula is C28H42O5. The summed E-state index contributed by atoms with van der Waals surface area (Å²) in [6, 6.07) is 7.66. The highest BCUT2D eigenvalue weighted by Gasteiger charge is 2.08. The van der Waals surface area contributed by atoms with Crippen molar-refractivity contribution in [2.75, 3.05) is 19.8 Å². The first-order chi connectivity index (χ1) is 15.9. The minimum absolute atomic E-state index is 0.00870. The van der Waals surface area contributed by atoms with Crippen molar-refractivity contribution in [3.05, 3.63) is 47.6 Å². The fourth-order valence-electron chi connectivity index (χ4n) is 3.25. The molecule has 1 aromatic rings. The zero-order valence-corrected chi connectivity index (χ0v) is 20.8. The molecule has 5 heteroatoms. The largest absolute Gasteiger partial charge is 0.494 e. The fourth-order valence-corrected chi connectivity index (χ4v) is 3.25. The minimum Gasteiger partial charge on any atom is -0.494 e. The van der Waals surface area contributed by atoms with Gasteiger partial charge in [-0.3, -0.25) is 0 Å². The lowest BCUT2D eigenvalue weighted by molar-refractivity contribution is -0.147. The third kappa shape index (κ3) is 14.3. The van der Waals surface area contributed by atoms with Gasteiger partial charge in [-0.05, 0) is 44.0 Å². The summed E-state index contributed by atoms with van der Waals surface area (Å²) in [4.78, 5) is 23.3. The van der Waals surface area contributed by atoms with E-state index in [1.807, 2.05) is 24.3 Å². The van der Waals surface area contributed by atoms with E-state index >= 15 is 0 Å². The van der Waals surface area contributed by atoms with E-state index in [2.05, 4.69) is 13.5 Å². The Bertz CT molecular complexity index is 733. The first kappa shape index (κ1) is 28.5. The van der Waals surface area contributed by atoms with Crippen molar-refractivity contribution in [3.8, 4) is 5.75 Å². The highest BCUT2D eigenvalue weighted by molar-refractivity contribution is 5.93. The van der Waals surface area contributed by atoms with Gasteiger partial charge in [-0.2, -0.15) is 0 Å². The highest BCUT2D eigenvalue weighted by atomic mass is 16.6. The van der Waals surface area contributed by atoms with E-state index in [1.165, 1.54) is 57.8 Å². The summed E-state index contributed by atoms with van der Waals surface area (Å²) in [5, 5.41) is 0. The molecule has 0 unspecified atom stereocenters. The van der Waals surface area contributed by atoms with Crippen LogP contribution in [-0.2, 0) is 19.1 Å². The topological polar surface area (TPSA) is 61.8 Å². The summed E-state index contributed by atoms with van der Waals surface area (Å²) in [6.07, 6.45) is 14.8. The van der Waals surface area contributed by atoms with E-state index in [-0.39, 0.29) is 13.2 Å². The lowest BCUT2D eigenvalue weighted by Gasteiger charge is -2.08. The lowest BCUT2D eigenvalue weighted by Crippen LogP contribution is -2.14. The van der Waals surface area contributed by atoms with Gasteiger partial charge in [-0.1, -0.05) is 83.4 Å². The molecule has 184 valence electrons. The van der Waals surface area contributed by atoms with Gasteiger partial charge in [0.05, 0.1) is 6.61 Å². The van der Waals surface area contributed by atoms with Gasteiger partial charge >= 0.3 is 11.9 Å². The van der Waals surface area contributed by atoms with Crippen molar-refractivity contribution in [2.45, 2.75) is 85.0 Å². The molecule has 1 rings (SSSR count). The molecule has 33 heavy (non-hydrogen) atoms. The van der Waals surface area contributed by atoms with Gasteiger partial charge in [0.25, 0.3) is 0 Å². The predicted octanol–water partition coefficient (Wildman–Crippen LogP) is 7.05. The fraction of sp³-hybridized carbons (Fsp3) is 0.571. The zero-order chi connectivity index (χ0) is 24.3. The molecule has 0 aliphatic rings. The van der Waals surface area contributed by atoms with E-state index < -0.39 is 11.9 Å². The molecule has 0 bridgehead atoms. The summed E-state index contributed by atoms with van der Waals surface area (Å²) in [7, 11) is 0. The Labute approximate surface area is 200 Å². The number of benzene rings is 1. The van der Waals surface area contributed by atoms with Crippen LogP contribution < -0.4 is 4.74 Å². The first-order valence-electron chi connectivity index (χ1n) is 12.3. The maximum Gasteiger partial charge on any atom is 0.333 e. The number of hydrogen-bond acceptors (Lipinski definition) is 5. The van der Waals surface area contributed by atoms with Gasteiger partial charge in [0.2, 0.25) is 0 Å². The monoisotopic (exact) mass is 458 g/mol. The number of rotatable bonds is 18. The van der Waals surface area contributed by atoms with Crippen LogP contribution in [0.3, 0.4) is 0 Å². The average Bonchev–Trinajstić information content (AvgIpc) is 2.80. The average molecular weight is 459 g/mol. The summed E-state index contributed by atoms with van der Waals surface area (Å²) in [6.45, 7) is 9.75. The third-order valence-electron chi connectivity index (χ3n) is 5.25. The molecule has 0 atom stereocenters. The normalized spacial score (nSPS) is 11.2. The van der Waals surface area contributed by atoms with E-state index in [9.17, 15) is 9.59 Å². The van der Waals surface area contributed by atoms with Crippen LogP contribution in [-0.4, -0.2) is 31.8 Å². The third-order valence-corrected chi connectivity index (χ3v) is 5.25. The standard InChI is InChI=1S/C28H42O5/c1-5-6-7-8-9-10-11-12-13-14-19-31-26-17-15-25(16-18-26)22-24(4)28(30)33-21-20-32-27(29)23(2)3/h15-18,22H,2,5-14,19-21H2,1,3-4H3/b24-22+. The molecule has 1 aromatic carbocycles. The Morgan fingerprint density at radius 1 is 0.758 bits per heavy atom. The van der Waals surface area contributed by atoms with Gasteiger partial charge in [0.15, 0.2) is 0 Å². The van der Waals surface area contributed by atoms with Gasteiger partial charge in [0, 0.05) is 11.1 Å². The molecule has 0 radical (unpaired) electrons. The maximum atomic E-state index is 12.0. The Morgan fingerprint density at radius 3 is 1.82 bits per heavy atom. The van der Waals surface area contributed by atoms with Gasteiger partial charge in [-0.25, -0.2) is 9.59 Å². The van der Waals surface area contributed by atoms with Crippen molar-refractivity contribution < 1.29 is 23.8 Å². The van der Waals surface area contributed by atoms with Crippen LogP contribution in [0.25, 0.3) is 6.08 Å². The Balaban J connectivity index is 2.19. The molecule has 0 aromatic heterocycles. The molecule has 0 spiro atoms. The summed E-state index contributed by atoms with van der Waals surface area (Å²) < 4.78 is 15.8. The molecule has 5 nitrogen and oxygen atoms in total. The van der Waals surface area contributed by atoms with Gasteiger partial charge in [0.1, 0.15) is 19.0 Å². The first-order valence-corrected chi connectivity index (χ1v) is 12.3. The second-order valence-corrected chi connectivity index (χ2v) is 8.48. The molecule has 0 N–H and O–H groups in total. The van der Waals surface area contributed by atoms with Crippen LogP contribution in [0.4, 0.5) is 0 Å². The number of carbonyl (C=O) groups excluding carboxylic acids is 2. The number of carbonyl (C=O) groups is 2. The second-order valence-electron chi connectivity index (χ2n) is 8.48. The predicted molar refractivity (Wildman–Crippen MR) is 134 cm³/mol. The van der Waals surface area contributed by atoms with Crippen molar-refractivity contribution in [2.24, 2.45) is 0 Å². The van der Waals surface area contributed by atoms with E-state index in [0.29, 0.717) is 11.1 Å². The number of esters is 2. The zero-order valence-electron chi connectivity index (χ0n) is 20.8. The molecule has 0 aliphatic heterocycles. The summed E-state index contributed by atoms with van der Waals surface area (Å²) in [5.41, 5.74) is 1.68. The van der Waals surface area contributed by atoms with Gasteiger partial charge < -0.3 is 14.2 Å². The maximum absolute atomic E-state index is 12.0. The molecular weight excluding hydrogens is 416 g/mol. The molecule has 0 amide bonds. The van der Waals surface area contributed by atoms with Crippen LogP contribution in [0, 0.1) is 0 Å². The van der Waals surface area contributed by atoms with Crippen molar-refractivity contribution in [3.63, 3.8) is 0 Å². The Morgan fingerprint density at radius 2 is 1.27 bits per heavy atom. The van der Waals surface area contributed by atoms with Crippen molar-refractivity contribution >= 4 is 18.0 Å². The highest BCUT2D eigenvalue weighted by Crippen LogP contribution is 2.16. The van der Waals surface area contributed by atoms with Crippen LogP contribution in [0.5, 0.6) is 5.75 Å². The van der Waals surface area contributed by atoms with Crippen LogP contribution in [0.15, 0.2) is 42.0 Å².